The molecule has 0 spiro atoms. The molecule has 1 aromatic rings. The van der Waals surface area contributed by atoms with Crippen LogP contribution in [-0.4, -0.2) is 60.9 Å². The molecule has 0 radical (unpaired) electrons. The van der Waals surface area contributed by atoms with E-state index in [-0.39, 0.29) is 5.92 Å². The van der Waals surface area contributed by atoms with Crippen LogP contribution >= 0.6 is 0 Å². The molecule has 0 fully saturated rings. The molecule has 1 aromatic heterocycles. The summed E-state index contributed by atoms with van der Waals surface area (Å²) < 4.78 is 34.3. The third-order valence-corrected chi connectivity index (χ3v) is 5.21. The number of fused-ring (bicyclic) bond motifs is 1. The minimum atomic E-state index is -3.42. The molecule has 0 N–H and O–H groups in total. The Balaban J connectivity index is 2.36. The van der Waals surface area contributed by atoms with E-state index in [2.05, 4.69) is 4.98 Å². The molecule has 0 amide bonds. The van der Waals surface area contributed by atoms with Crippen LogP contribution in [0.25, 0.3) is 0 Å². The fourth-order valence-electron chi connectivity index (χ4n) is 2.44. The number of nitrogens with zero attached hydrogens (tertiary/aromatic N) is 4. The Morgan fingerprint density at radius 3 is 2.79 bits per heavy atom. The van der Waals surface area contributed by atoms with Gasteiger partial charge in [0.1, 0.15) is 0 Å². The molecule has 0 saturated heterocycles. The lowest BCUT2D eigenvalue weighted by Crippen LogP contribution is -2.45. The highest BCUT2D eigenvalue weighted by Gasteiger charge is 2.35. The number of aromatic nitrogens is 2. The molecule has 1 aliphatic heterocycles. The lowest BCUT2D eigenvalue weighted by Gasteiger charge is -2.33. The molecule has 8 heteroatoms. The maximum Gasteiger partial charge on any atom is 0.281 e. The zero-order chi connectivity index (χ0) is 14.2. The first-order valence-electron chi connectivity index (χ1n) is 6.04. The molecule has 7 nitrogen and oxygen atoms in total. The highest BCUT2D eigenvalue weighted by molar-refractivity contribution is 7.86. The maximum absolute atomic E-state index is 12.2. The van der Waals surface area contributed by atoms with E-state index in [9.17, 15) is 8.42 Å². The van der Waals surface area contributed by atoms with Crippen LogP contribution in [0.4, 0.5) is 0 Å². The van der Waals surface area contributed by atoms with E-state index in [0.717, 1.165) is 11.4 Å². The van der Waals surface area contributed by atoms with Gasteiger partial charge in [0.2, 0.25) is 0 Å². The van der Waals surface area contributed by atoms with Crippen molar-refractivity contribution in [2.75, 3.05) is 34.4 Å². The van der Waals surface area contributed by atoms with Gasteiger partial charge in [0.05, 0.1) is 25.2 Å². The molecule has 0 aromatic carbocycles. The smallest absolute Gasteiger partial charge is 0.281 e. The lowest BCUT2D eigenvalue weighted by atomic mass is 10.0. The van der Waals surface area contributed by atoms with Crippen LogP contribution in [-0.2, 0) is 28.5 Å². The summed E-state index contributed by atoms with van der Waals surface area (Å²) in [6.45, 7) is 1.21. The second-order valence-electron chi connectivity index (χ2n) is 4.92. The van der Waals surface area contributed by atoms with Gasteiger partial charge in [-0.2, -0.15) is 17.0 Å². The van der Waals surface area contributed by atoms with Gasteiger partial charge in [-0.25, -0.2) is 4.98 Å². The molecular formula is C11H20N4O3S. The molecule has 2 heterocycles. The van der Waals surface area contributed by atoms with Crippen molar-refractivity contribution in [2.24, 2.45) is 7.05 Å². The molecule has 1 unspecified atom stereocenters. The van der Waals surface area contributed by atoms with Gasteiger partial charge in [-0.05, 0) is 0 Å². The standard InChI is InChI=1S/C11H20N4O3S/c1-13(2)19(16,17)15-5-9(7-18-4)11-10(6-15)12-8-14(11)3/h8-9H,5-7H2,1-4H3. The first kappa shape index (κ1) is 14.4. The topological polar surface area (TPSA) is 67.7 Å². The Hall–Kier alpha value is -0.960. The van der Waals surface area contributed by atoms with Gasteiger partial charge in [-0.1, -0.05) is 0 Å². The molecule has 108 valence electrons. The van der Waals surface area contributed by atoms with E-state index in [1.54, 1.807) is 13.4 Å². The molecule has 0 aliphatic carbocycles. The Morgan fingerprint density at radius 2 is 2.21 bits per heavy atom. The van der Waals surface area contributed by atoms with Gasteiger partial charge < -0.3 is 9.30 Å². The van der Waals surface area contributed by atoms with Crippen molar-refractivity contribution in [2.45, 2.75) is 12.5 Å². The van der Waals surface area contributed by atoms with Crippen LogP contribution in [0.5, 0.6) is 0 Å². The summed E-state index contributed by atoms with van der Waals surface area (Å²) in [5, 5.41) is 0. The first-order chi connectivity index (χ1) is 8.87. The maximum atomic E-state index is 12.2. The number of methoxy groups -OCH3 is 1. The van der Waals surface area contributed by atoms with Crippen LogP contribution in [0.1, 0.15) is 17.3 Å². The third kappa shape index (κ3) is 2.53. The third-order valence-electron chi connectivity index (χ3n) is 3.35. The monoisotopic (exact) mass is 288 g/mol. The van der Waals surface area contributed by atoms with E-state index >= 15 is 0 Å². The highest BCUT2D eigenvalue weighted by Crippen LogP contribution is 2.29. The summed E-state index contributed by atoms with van der Waals surface area (Å²) in [4.78, 5) is 4.29. The quantitative estimate of drug-likeness (QED) is 0.768. The predicted octanol–water partition coefficient (Wildman–Crippen LogP) is -0.228. The summed E-state index contributed by atoms with van der Waals surface area (Å²) in [6, 6.07) is 0. The van der Waals surface area contributed by atoms with Crippen LogP contribution in [0.15, 0.2) is 6.33 Å². The van der Waals surface area contributed by atoms with Crippen molar-refractivity contribution < 1.29 is 13.2 Å². The van der Waals surface area contributed by atoms with Crippen molar-refractivity contribution >= 4 is 10.2 Å². The summed E-state index contributed by atoms with van der Waals surface area (Å²) in [5.41, 5.74) is 1.87. The fraction of sp³-hybridized carbons (Fsp3) is 0.727. The molecular weight excluding hydrogens is 268 g/mol. The highest BCUT2D eigenvalue weighted by atomic mass is 32.2. The van der Waals surface area contributed by atoms with Crippen LogP contribution in [0, 0.1) is 0 Å². The Morgan fingerprint density at radius 1 is 1.53 bits per heavy atom. The van der Waals surface area contributed by atoms with E-state index in [4.69, 9.17) is 4.74 Å². The summed E-state index contributed by atoms with van der Waals surface area (Å²) >= 11 is 0. The molecule has 19 heavy (non-hydrogen) atoms. The number of aryl methyl sites for hydroxylation is 1. The van der Waals surface area contributed by atoms with Gasteiger partial charge in [0, 0.05) is 46.4 Å². The van der Waals surface area contributed by atoms with E-state index in [0.29, 0.717) is 19.7 Å². The zero-order valence-electron chi connectivity index (χ0n) is 11.7. The van der Waals surface area contributed by atoms with Crippen molar-refractivity contribution in [3.8, 4) is 0 Å². The van der Waals surface area contributed by atoms with E-state index in [1.807, 2.05) is 11.6 Å². The molecule has 1 atom stereocenters. The molecule has 0 saturated carbocycles. The second kappa shape index (κ2) is 5.20. The number of ether oxygens (including phenoxy) is 1. The minimum absolute atomic E-state index is 0.0102. The molecule has 0 bridgehead atoms. The average molecular weight is 288 g/mol. The van der Waals surface area contributed by atoms with Gasteiger partial charge in [0.25, 0.3) is 10.2 Å². The largest absolute Gasteiger partial charge is 0.384 e. The second-order valence-corrected chi connectivity index (χ2v) is 7.06. The van der Waals surface area contributed by atoms with Crippen molar-refractivity contribution in [3.05, 3.63) is 17.7 Å². The summed E-state index contributed by atoms with van der Waals surface area (Å²) in [6.07, 6.45) is 1.72. The van der Waals surface area contributed by atoms with E-state index in [1.165, 1.54) is 22.7 Å². The predicted molar refractivity (Wildman–Crippen MR) is 70.8 cm³/mol. The normalized spacial score (nSPS) is 20.8. The van der Waals surface area contributed by atoms with Crippen molar-refractivity contribution in [1.29, 1.82) is 0 Å². The Labute approximate surface area is 114 Å². The first-order valence-corrected chi connectivity index (χ1v) is 7.44. The Bertz CT molecular complexity index is 552. The van der Waals surface area contributed by atoms with Gasteiger partial charge >= 0.3 is 0 Å². The number of rotatable bonds is 4. The van der Waals surface area contributed by atoms with Gasteiger partial charge in [-0.15, -0.1) is 0 Å². The van der Waals surface area contributed by atoms with Crippen molar-refractivity contribution in [3.63, 3.8) is 0 Å². The van der Waals surface area contributed by atoms with Crippen LogP contribution in [0.3, 0.4) is 0 Å². The van der Waals surface area contributed by atoms with E-state index < -0.39 is 10.2 Å². The summed E-state index contributed by atoms with van der Waals surface area (Å²) in [7, 11) is 3.19. The number of hydrogen-bond donors (Lipinski definition) is 0. The SMILES string of the molecule is COCC1CN(S(=O)(=O)N(C)C)Cc2ncn(C)c21. The molecule has 2 rings (SSSR count). The van der Waals surface area contributed by atoms with Gasteiger partial charge in [0.15, 0.2) is 0 Å². The molecule has 1 aliphatic rings. The van der Waals surface area contributed by atoms with Crippen molar-refractivity contribution in [1.82, 2.24) is 18.2 Å². The lowest BCUT2D eigenvalue weighted by molar-refractivity contribution is 0.158. The minimum Gasteiger partial charge on any atom is -0.384 e. The fourth-order valence-corrected chi connectivity index (χ4v) is 3.55. The van der Waals surface area contributed by atoms with Gasteiger partial charge in [-0.3, -0.25) is 0 Å². The summed E-state index contributed by atoms with van der Waals surface area (Å²) in [5.74, 6) is 0.0102. The zero-order valence-corrected chi connectivity index (χ0v) is 12.5. The number of hydrogen-bond acceptors (Lipinski definition) is 4. The average Bonchev–Trinajstić information content (AvgIpc) is 2.71. The Kier molecular flexibility index (Phi) is 3.95. The van der Waals surface area contributed by atoms with Crippen LogP contribution in [0.2, 0.25) is 0 Å². The van der Waals surface area contributed by atoms with Crippen LogP contribution < -0.4 is 0 Å². The number of imidazole rings is 1.